The zero-order chi connectivity index (χ0) is 19.8. The third kappa shape index (κ3) is 6.45. The summed E-state index contributed by atoms with van der Waals surface area (Å²) in [6, 6.07) is 1.90. The largest absolute Gasteiger partial charge is 0.457 e. The van der Waals surface area contributed by atoms with E-state index in [1.807, 2.05) is 19.9 Å². The summed E-state index contributed by atoms with van der Waals surface area (Å²) in [5.41, 5.74) is 2.31. The van der Waals surface area contributed by atoms with E-state index in [-0.39, 0.29) is 12.5 Å². The van der Waals surface area contributed by atoms with Crippen LogP contribution in [0.5, 0.6) is 0 Å². The number of hydrogen-bond donors (Lipinski definition) is 2. The Labute approximate surface area is 162 Å². The van der Waals surface area contributed by atoms with Crippen LogP contribution in [-0.2, 0) is 9.53 Å². The van der Waals surface area contributed by atoms with Crippen molar-refractivity contribution >= 4 is 34.3 Å². The van der Waals surface area contributed by atoms with Crippen LogP contribution >= 0.6 is 11.3 Å². The molecule has 27 heavy (non-hydrogen) atoms. The normalized spacial score (nSPS) is 10.3. The fraction of sp³-hybridized carbons (Fsp3) is 0.389. The number of ether oxygens (including phenoxy) is 1. The molecular formula is C18H23N5O3S. The van der Waals surface area contributed by atoms with Crippen LogP contribution in [-0.4, -0.2) is 40.0 Å². The lowest BCUT2D eigenvalue weighted by molar-refractivity contribution is -0.116. The molecule has 0 spiro atoms. The van der Waals surface area contributed by atoms with E-state index < -0.39 is 5.97 Å². The van der Waals surface area contributed by atoms with Crippen molar-refractivity contribution < 1.29 is 14.3 Å². The smallest absolute Gasteiger partial charge is 0.350 e. The first-order chi connectivity index (χ1) is 12.9. The molecule has 2 rings (SSSR count). The van der Waals surface area contributed by atoms with Crippen LogP contribution in [0, 0.1) is 20.8 Å². The van der Waals surface area contributed by atoms with E-state index in [2.05, 4.69) is 32.2 Å². The van der Waals surface area contributed by atoms with Gasteiger partial charge in [0.1, 0.15) is 11.5 Å². The van der Waals surface area contributed by atoms with Gasteiger partial charge in [0.25, 0.3) is 0 Å². The van der Waals surface area contributed by atoms with Gasteiger partial charge < -0.3 is 15.4 Å². The van der Waals surface area contributed by atoms with Crippen molar-refractivity contribution in [3.8, 4) is 0 Å². The number of carbonyl (C=O) groups excluding carboxylic acids is 2. The van der Waals surface area contributed by atoms with E-state index in [0.717, 1.165) is 22.7 Å². The molecule has 0 fully saturated rings. The Bertz CT molecular complexity index is 814. The lowest BCUT2D eigenvalue weighted by Crippen LogP contribution is -2.14. The highest BCUT2D eigenvalue weighted by molar-refractivity contribution is 7.17. The number of hydrogen-bond acceptors (Lipinski definition) is 8. The van der Waals surface area contributed by atoms with E-state index in [1.165, 1.54) is 6.08 Å². The number of anilines is 2. The Hall–Kier alpha value is -2.81. The number of carbonyl (C=O) groups is 2. The molecule has 0 saturated carbocycles. The fourth-order valence-electron chi connectivity index (χ4n) is 2.28. The average Bonchev–Trinajstić information content (AvgIpc) is 2.96. The Morgan fingerprint density at radius 2 is 1.93 bits per heavy atom. The number of amides is 1. The maximum absolute atomic E-state index is 12.1. The minimum absolute atomic E-state index is 0.134. The van der Waals surface area contributed by atoms with Gasteiger partial charge in [-0.25, -0.2) is 19.7 Å². The van der Waals surface area contributed by atoms with Gasteiger partial charge in [-0.15, -0.1) is 0 Å². The van der Waals surface area contributed by atoms with Crippen LogP contribution in [0.4, 0.5) is 11.1 Å². The molecule has 8 nitrogen and oxygen atoms in total. The molecule has 0 radical (unpaired) electrons. The van der Waals surface area contributed by atoms with Crippen LogP contribution in [0.15, 0.2) is 18.7 Å². The first kappa shape index (κ1) is 20.5. The predicted molar refractivity (Wildman–Crippen MR) is 105 cm³/mol. The summed E-state index contributed by atoms with van der Waals surface area (Å²) >= 11 is 1.10. The molecule has 144 valence electrons. The molecule has 0 saturated heterocycles. The van der Waals surface area contributed by atoms with Crippen LogP contribution in [0.1, 0.15) is 39.6 Å². The highest BCUT2D eigenvalue weighted by atomic mass is 32.1. The molecule has 9 heteroatoms. The molecule has 0 bridgehead atoms. The predicted octanol–water partition coefficient (Wildman–Crippen LogP) is 3.03. The van der Waals surface area contributed by atoms with Gasteiger partial charge >= 0.3 is 5.97 Å². The number of nitrogens with one attached hydrogen (secondary N) is 2. The molecule has 0 aliphatic heterocycles. The van der Waals surface area contributed by atoms with Crippen molar-refractivity contribution in [2.75, 3.05) is 23.8 Å². The Morgan fingerprint density at radius 1 is 1.22 bits per heavy atom. The van der Waals surface area contributed by atoms with Gasteiger partial charge in [0.05, 0.1) is 5.69 Å². The second kappa shape index (κ2) is 9.77. The molecule has 1 amide bonds. The van der Waals surface area contributed by atoms with Gasteiger partial charge in [-0.05, 0) is 33.3 Å². The van der Waals surface area contributed by atoms with Gasteiger partial charge in [-0.1, -0.05) is 24.0 Å². The first-order valence-electron chi connectivity index (χ1n) is 8.50. The fourth-order valence-corrected chi connectivity index (χ4v) is 3.15. The monoisotopic (exact) mass is 389 g/mol. The number of aromatic nitrogens is 3. The molecule has 2 aromatic heterocycles. The maximum Gasteiger partial charge on any atom is 0.350 e. The second-order valence-electron chi connectivity index (χ2n) is 5.87. The summed E-state index contributed by atoms with van der Waals surface area (Å²) in [5.74, 6) is -0.0768. The summed E-state index contributed by atoms with van der Waals surface area (Å²) in [7, 11) is 0. The maximum atomic E-state index is 12.1. The Balaban J connectivity index is 1.78. The topological polar surface area (TPSA) is 106 Å². The summed E-state index contributed by atoms with van der Waals surface area (Å²) in [6.45, 7) is 9.72. The number of thiazole rings is 1. The van der Waals surface area contributed by atoms with E-state index in [4.69, 9.17) is 4.74 Å². The van der Waals surface area contributed by atoms with Gasteiger partial charge in [0.2, 0.25) is 11.9 Å². The standard InChI is InChI=1S/C18H23N5O3S/c1-5-9-26-16(25)15-13(4)22-18(27-15)23-14(24)7-6-8-19-17-20-11(2)10-12(3)21-17/h5,10H,1,6-9H2,2-4H3,(H,19,20,21)(H,22,23,24). The summed E-state index contributed by atoms with van der Waals surface area (Å²) in [6.07, 6.45) is 2.42. The SMILES string of the molecule is C=CCOC(=O)c1sc(NC(=O)CCCNc2nc(C)cc(C)n2)nc1C. The molecule has 0 aliphatic carbocycles. The first-order valence-corrected chi connectivity index (χ1v) is 9.32. The molecule has 0 aromatic carbocycles. The van der Waals surface area contributed by atoms with Crippen LogP contribution in [0.25, 0.3) is 0 Å². The van der Waals surface area contributed by atoms with Gasteiger partial charge in [-0.2, -0.15) is 0 Å². The van der Waals surface area contributed by atoms with E-state index in [9.17, 15) is 9.59 Å². The van der Waals surface area contributed by atoms with E-state index in [1.54, 1.807) is 6.92 Å². The van der Waals surface area contributed by atoms with Crippen LogP contribution in [0.3, 0.4) is 0 Å². The number of esters is 1. The summed E-state index contributed by atoms with van der Waals surface area (Å²) in [4.78, 5) is 37.1. The molecule has 2 heterocycles. The summed E-state index contributed by atoms with van der Waals surface area (Å²) in [5, 5.41) is 6.20. The van der Waals surface area contributed by atoms with E-state index >= 15 is 0 Å². The Morgan fingerprint density at radius 3 is 2.59 bits per heavy atom. The molecule has 0 unspecified atom stereocenters. The molecule has 2 aromatic rings. The van der Waals surface area contributed by atoms with Crippen LogP contribution in [0.2, 0.25) is 0 Å². The van der Waals surface area contributed by atoms with Gasteiger partial charge in [-0.3, -0.25) is 4.79 Å². The third-order valence-electron chi connectivity index (χ3n) is 3.41. The van der Waals surface area contributed by atoms with Crippen molar-refractivity contribution in [1.82, 2.24) is 15.0 Å². The van der Waals surface area contributed by atoms with Crippen molar-refractivity contribution in [3.63, 3.8) is 0 Å². The van der Waals surface area contributed by atoms with Crippen LogP contribution < -0.4 is 10.6 Å². The number of aryl methyl sites for hydroxylation is 3. The second-order valence-corrected chi connectivity index (χ2v) is 6.87. The summed E-state index contributed by atoms with van der Waals surface area (Å²) < 4.78 is 5.00. The zero-order valence-corrected chi connectivity index (χ0v) is 16.5. The quantitative estimate of drug-likeness (QED) is 0.386. The van der Waals surface area contributed by atoms with E-state index in [0.29, 0.717) is 41.0 Å². The lowest BCUT2D eigenvalue weighted by Gasteiger charge is -2.06. The minimum atomic E-state index is -0.469. The molecule has 0 atom stereocenters. The van der Waals surface area contributed by atoms with Gasteiger partial charge in [0.15, 0.2) is 5.13 Å². The number of rotatable bonds is 9. The van der Waals surface area contributed by atoms with Crippen molar-refractivity contribution in [3.05, 3.63) is 40.7 Å². The highest BCUT2D eigenvalue weighted by Crippen LogP contribution is 2.23. The number of nitrogens with zero attached hydrogens (tertiary/aromatic N) is 3. The van der Waals surface area contributed by atoms with Crippen molar-refractivity contribution in [2.24, 2.45) is 0 Å². The molecule has 2 N–H and O–H groups in total. The van der Waals surface area contributed by atoms with Crippen molar-refractivity contribution in [2.45, 2.75) is 33.6 Å². The highest BCUT2D eigenvalue weighted by Gasteiger charge is 2.17. The van der Waals surface area contributed by atoms with Gasteiger partial charge in [0, 0.05) is 24.4 Å². The zero-order valence-electron chi connectivity index (χ0n) is 15.7. The lowest BCUT2D eigenvalue weighted by atomic mass is 10.3. The minimum Gasteiger partial charge on any atom is -0.457 e. The average molecular weight is 389 g/mol. The van der Waals surface area contributed by atoms with Crippen molar-refractivity contribution in [1.29, 1.82) is 0 Å². The Kier molecular flexibility index (Phi) is 7.42. The third-order valence-corrected chi connectivity index (χ3v) is 4.46. The molecule has 0 aliphatic rings. The molecular weight excluding hydrogens is 366 g/mol.